The number of nitrogens with one attached hydrogen (secondary N) is 2. The number of carbonyl (C=O) groups is 1. The molecule has 0 unspecified atom stereocenters. The second-order valence-electron chi connectivity index (χ2n) is 5.89. The molecule has 3 aromatic rings. The van der Waals surface area contributed by atoms with Crippen molar-refractivity contribution in [2.45, 2.75) is 37.8 Å². The summed E-state index contributed by atoms with van der Waals surface area (Å²) in [5.41, 5.74) is 1.96. The molecule has 0 radical (unpaired) electrons. The zero-order valence-electron chi connectivity index (χ0n) is 13.5. The Bertz CT molecular complexity index is 1000. The molecule has 0 saturated heterocycles. The van der Waals surface area contributed by atoms with Crippen LogP contribution in [0.25, 0.3) is 10.2 Å². The molecule has 2 N–H and O–H groups in total. The molecule has 1 aliphatic rings. The van der Waals surface area contributed by atoms with Crippen molar-refractivity contribution >= 4 is 55.7 Å². The Kier molecular flexibility index (Phi) is 4.61. The summed E-state index contributed by atoms with van der Waals surface area (Å²) in [4.78, 5) is 38.1. The van der Waals surface area contributed by atoms with Crippen molar-refractivity contribution in [3.63, 3.8) is 0 Å². The van der Waals surface area contributed by atoms with Crippen LogP contribution >= 0.6 is 34.4 Å². The molecule has 0 atom stereocenters. The summed E-state index contributed by atoms with van der Waals surface area (Å²) in [5, 5.41) is 6.46. The number of aryl methyl sites for hydroxylation is 3. The Morgan fingerprint density at radius 1 is 1.36 bits per heavy atom. The van der Waals surface area contributed by atoms with Crippen molar-refractivity contribution in [2.75, 3.05) is 11.1 Å². The molecule has 4 rings (SSSR count). The molecule has 130 valence electrons. The van der Waals surface area contributed by atoms with Gasteiger partial charge in [-0.2, -0.15) is 0 Å². The second-order valence-corrected chi connectivity index (χ2v) is 8.80. The van der Waals surface area contributed by atoms with E-state index < -0.39 is 0 Å². The highest BCUT2D eigenvalue weighted by atomic mass is 32.2. The first-order valence-corrected chi connectivity index (χ1v) is 10.7. The second kappa shape index (κ2) is 6.89. The Balaban J connectivity index is 1.50. The van der Waals surface area contributed by atoms with Crippen molar-refractivity contribution < 1.29 is 4.79 Å². The van der Waals surface area contributed by atoms with E-state index in [1.807, 2.05) is 12.3 Å². The van der Waals surface area contributed by atoms with E-state index in [1.54, 1.807) is 11.3 Å². The SMILES string of the molecule is Cc1csc(NC(=O)CSc2nc3sc4c(c3c(=O)[nH]2)CCCC4)n1. The Morgan fingerprint density at radius 3 is 3.00 bits per heavy atom. The van der Waals surface area contributed by atoms with E-state index in [2.05, 4.69) is 20.3 Å². The van der Waals surface area contributed by atoms with Crippen LogP contribution in [0.5, 0.6) is 0 Å². The van der Waals surface area contributed by atoms with E-state index in [0.29, 0.717) is 10.3 Å². The van der Waals surface area contributed by atoms with Crippen LogP contribution in [-0.4, -0.2) is 26.6 Å². The number of aromatic amines is 1. The van der Waals surface area contributed by atoms with Gasteiger partial charge in [-0.25, -0.2) is 9.97 Å². The summed E-state index contributed by atoms with van der Waals surface area (Å²) in [6.45, 7) is 1.88. The molecule has 3 aromatic heterocycles. The molecule has 0 saturated carbocycles. The first-order valence-electron chi connectivity index (χ1n) is 7.99. The molecular formula is C16H16N4O2S3. The van der Waals surface area contributed by atoms with Crippen molar-refractivity contribution in [1.82, 2.24) is 15.0 Å². The van der Waals surface area contributed by atoms with E-state index in [9.17, 15) is 9.59 Å². The number of H-pyrrole nitrogens is 1. The van der Waals surface area contributed by atoms with Gasteiger partial charge in [0.15, 0.2) is 10.3 Å². The predicted molar refractivity (Wildman–Crippen MR) is 103 cm³/mol. The topological polar surface area (TPSA) is 87.7 Å². The van der Waals surface area contributed by atoms with E-state index in [0.717, 1.165) is 35.2 Å². The summed E-state index contributed by atoms with van der Waals surface area (Å²) in [6.07, 6.45) is 4.30. The zero-order chi connectivity index (χ0) is 17.4. The first-order chi connectivity index (χ1) is 12.1. The lowest BCUT2D eigenvalue weighted by atomic mass is 9.97. The standard InChI is InChI=1S/C16H16N4O2S3/c1-8-6-23-15(17-8)18-11(21)7-24-16-19-13(22)12-9-4-2-3-5-10(9)25-14(12)20-16/h6H,2-5,7H2,1H3,(H,17,18,21)(H,19,20,22). The minimum Gasteiger partial charge on any atom is -0.301 e. The molecule has 6 nitrogen and oxygen atoms in total. The van der Waals surface area contributed by atoms with E-state index >= 15 is 0 Å². The number of amides is 1. The Labute approximate surface area is 156 Å². The number of rotatable bonds is 4. The van der Waals surface area contributed by atoms with Gasteiger partial charge in [-0.15, -0.1) is 22.7 Å². The van der Waals surface area contributed by atoms with Crippen LogP contribution in [0.15, 0.2) is 15.3 Å². The van der Waals surface area contributed by atoms with Gasteiger partial charge in [-0.05, 0) is 38.2 Å². The summed E-state index contributed by atoms with van der Waals surface area (Å²) in [7, 11) is 0. The highest BCUT2D eigenvalue weighted by Gasteiger charge is 2.20. The van der Waals surface area contributed by atoms with Gasteiger partial charge >= 0.3 is 0 Å². The number of fused-ring (bicyclic) bond motifs is 3. The summed E-state index contributed by atoms with van der Waals surface area (Å²) in [5.74, 6) is 0.0191. The predicted octanol–water partition coefficient (Wildman–Crippen LogP) is 3.36. The van der Waals surface area contributed by atoms with Crippen LogP contribution in [0.1, 0.15) is 29.0 Å². The van der Waals surface area contributed by atoms with Gasteiger partial charge in [-0.1, -0.05) is 11.8 Å². The largest absolute Gasteiger partial charge is 0.301 e. The average molecular weight is 393 g/mol. The summed E-state index contributed by atoms with van der Waals surface area (Å²) in [6, 6.07) is 0. The maximum absolute atomic E-state index is 12.5. The quantitative estimate of drug-likeness (QED) is 0.525. The summed E-state index contributed by atoms with van der Waals surface area (Å²) < 4.78 is 0. The fourth-order valence-corrected chi connectivity index (χ4v) is 5.60. The minimum absolute atomic E-state index is 0.0946. The van der Waals surface area contributed by atoms with Crippen molar-refractivity contribution in [3.05, 3.63) is 31.9 Å². The van der Waals surface area contributed by atoms with Crippen LogP contribution < -0.4 is 10.9 Å². The summed E-state index contributed by atoms with van der Waals surface area (Å²) >= 11 is 4.24. The number of thioether (sulfide) groups is 1. The molecule has 25 heavy (non-hydrogen) atoms. The molecule has 3 heterocycles. The van der Waals surface area contributed by atoms with Gasteiger partial charge in [0.1, 0.15) is 4.83 Å². The van der Waals surface area contributed by atoms with Gasteiger partial charge in [-0.3, -0.25) is 9.59 Å². The third-order valence-corrected chi connectivity index (χ3v) is 6.94. The average Bonchev–Trinajstić information content (AvgIpc) is 3.16. The van der Waals surface area contributed by atoms with Crippen molar-refractivity contribution in [2.24, 2.45) is 0 Å². The number of hydrogen-bond donors (Lipinski definition) is 2. The van der Waals surface area contributed by atoms with Gasteiger partial charge in [0, 0.05) is 10.3 Å². The third-order valence-electron chi connectivity index (χ3n) is 4.01. The van der Waals surface area contributed by atoms with Crippen molar-refractivity contribution in [3.8, 4) is 0 Å². The highest BCUT2D eigenvalue weighted by Crippen LogP contribution is 2.34. The molecule has 0 aromatic carbocycles. The number of thiazole rings is 1. The molecule has 0 fully saturated rings. The maximum atomic E-state index is 12.5. The van der Waals surface area contributed by atoms with Gasteiger partial charge in [0.2, 0.25) is 5.91 Å². The highest BCUT2D eigenvalue weighted by molar-refractivity contribution is 7.99. The van der Waals surface area contributed by atoms with Gasteiger partial charge in [0.05, 0.1) is 16.8 Å². The molecular weight excluding hydrogens is 376 g/mol. The van der Waals surface area contributed by atoms with Gasteiger partial charge in [0.25, 0.3) is 5.56 Å². The van der Waals surface area contributed by atoms with Crippen LogP contribution in [0, 0.1) is 6.92 Å². The maximum Gasteiger partial charge on any atom is 0.260 e. The number of thiophene rings is 1. The Hall–Kier alpha value is -1.71. The number of hydrogen-bond acceptors (Lipinski definition) is 7. The lowest BCUT2D eigenvalue weighted by molar-refractivity contribution is -0.113. The lowest BCUT2D eigenvalue weighted by Crippen LogP contribution is -2.15. The van der Waals surface area contributed by atoms with Crippen LogP contribution in [0.4, 0.5) is 5.13 Å². The molecule has 1 amide bonds. The van der Waals surface area contributed by atoms with E-state index in [-0.39, 0.29) is 17.2 Å². The number of anilines is 1. The monoisotopic (exact) mass is 392 g/mol. The number of carbonyl (C=O) groups excluding carboxylic acids is 1. The Morgan fingerprint density at radius 2 is 2.20 bits per heavy atom. The molecule has 9 heteroatoms. The molecule has 0 bridgehead atoms. The number of nitrogens with zero attached hydrogens (tertiary/aromatic N) is 2. The smallest absolute Gasteiger partial charge is 0.260 e. The fourth-order valence-electron chi connectivity index (χ4n) is 2.91. The van der Waals surface area contributed by atoms with Crippen LogP contribution in [0.3, 0.4) is 0 Å². The fraction of sp³-hybridized carbons (Fsp3) is 0.375. The third kappa shape index (κ3) is 3.49. The number of aromatic nitrogens is 3. The normalized spacial score (nSPS) is 13.8. The lowest BCUT2D eigenvalue weighted by Gasteiger charge is -2.09. The molecule has 1 aliphatic carbocycles. The zero-order valence-corrected chi connectivity index (χ0v) is 16.0. The minimum atomic E-state index is -0.160. The van der Waals surface area contributed by atoms with E-state index in [1.165, 1.54) is 40.0 Å². The van der Waals surface area contributed by atoms with Crippen LogP contribution in [-0.2, 0) is 17.6 Å². The van der Waals surface area contributed by atoms with Crippen molar-refractivity contribution in [1.29, 1.82) is 0 Å². The molecule has 0 aliphatic heterocycles. The molecule has 0 spiro atoms. The first kappa shape index (κ1) is 16.7. The van der Waals surface area contributed by atoms with E-state index in [4.69, 9.17) is 0 Å². The van der Waals surface area contributed by atoms with Gasteiger partial charge < -0.3 is 10.3 Å². The van der Waals surface area contributed by atoms with Crippen LogP contribution in [0.2, 0.25) is 0 Å².